The van der Waals surface area contributed by atoms with E-state index in [0.717, 1.165) is 5.69 Å². The molecule has 0 aliphatic carbocycles. The number of hydrogen-bond donors (Lipinski definition) is 0. The molecule has 0 unspecified atom stereocenters. The molecular formula is C13H14NO+. The summed E-state index contributed by atoms with van der Waals surface area (Å²) in [7, 11) is 0. The smallest absolute Gasteiger partial charge is 0.206 e. The largest absolute Gasteiger partial charge is 0.293 e. The lowest BCUT2D eigenvalue weighted by Gasteiger charge is -2.02. The zero-order valence-corrected chi connectivity index (χ0v) is 9.03. The minimum Gasteiger partial charge on any atom is -0.293 e. The van der Waals surface area contributed by atoms with Crippen LogP contribution in [0.4, 0.5) is 0 Å². The Morgan fingerprint density at radius 3 is 2.73 bits per heavy atom. The van der Waals surface area contributed by atoms with Crippen LogP contribution < -0.4 is 4.57 Å². The lowest BCUT2D eigenvalue weighted by Crippen LogP contribution is -2.39. The van der Waals surface area contributed by atoms with Gasteiger partial charge in [-0.05, 0) is 11.5 Å². The number of aromatic nitrogens is 1. The summed E-state index contributed by atoms with van der Waals surface area (Å²) in [5, 5.41) is 2.43. The fourth-order valence-corrected chi connectivity index (χ4v) is 1.82. The van der Waals surface area contributed by atoms with Crippen LogP contribution in [-0.4, -0.2) is 5.78 Å². The van der Waals surface area contributed by atoms with Gasteiger partial charge in [-0.15, -0.1) is 0 Å². The van der Waals surface area contributed by atoms with Crippen molar-refractivity contribution in [1.29, 1.82) is 0 Å². The molecule has 2 rings (SSSR count). The van der Waals surface area contributed by atoms with E-state index in [4.69, 9.17) is 0 Å². The van der Waals surface area contributed by atoms with Gasteiger partial charge in [0, 0.05) is 25.3 Å². The van der Waals surface area contributed by atoms with E-state index in [1.807, 2.05) is 35.9 Å². The van der Waals surface area contributed by atoms with Crippen molar-refractivity contribution in [2.75, 3.05) is 0 Å². The predicted octanol–water partition coefficient (Wildman–Crippen LogP) is 2.02. The number of hydrogen-bond acceptors (Lipinski definition) is 1. The standard InChI is InChI=1S/C13H14NO/c1-10(15)9-14-8-7-12-5-3-4-6-13(12)11(14)2/h3-8H,9H2,1-2H3/q+1. The second-order valence-electron chi connectivity index (χ2n) is 3.82. The highest BCUT2D eigenvalue weighted by molar-refractivity contribution is 5.83. The van der Waals surface area contributed by atoms with Gasteiger partial charge in [-0.2, -0.15) is 4.57 Å². The van der Waals surface area contributed by atoms with Crippen LogP contribution in [0.1, 0.15) is 12.6 Å². The first-order valence-electron chi connectivity index (χ1n) is 5.06. The van der Waals surface area contributed by atoms with E-state index in [9.17, 15) is 4.79 Å². The first-order valence-corrected chi connectivity index (χ1v) is 5.06. The van der Waals surface area contributed by atoms with Crippen molar-refractivity contribution in [1.82, 2.24) is 0 Å². The van der Waals surface area contributed by atoms with E-state index in [-0.39, 0.29) is 5.78 Å². The predicted molar refractivity (Wildman–Crippen MR) is 59.6 cm³/mol. The molecule has 15 heavy (non-hydrogen) atoms. The summed E-state index contributed by atoms with van der Waals surface area (Å²) in [6, 6.07) is 10.3. The lowest BCUT2D eigenvalue weighted by atomic mass is 10.1. The van der Waals surface area contributed by atoms with Gasteiger partial charge in [0.2, 0.25) is 6.54 Å². The zero-order chi connectivity index (χ0) is 10.8. The molecule has 0 bridgehead atoms. The van der Waals surface area contributed by atoms with Crippen molar-refractivity contribution in [2.45, 2.75) is 20.4 Å². The molecule has 2 heteroatoms. The summed E-state index contributed by atoms with van der Waals surface area (Å²) in [5.74, 6) is 0.179. The Labute approximate surface area is 89.2 Å². The summed E-state index contributed by atoms with van der Waals surface area (Å²) in [6.45, 7) is 4.11. The zero-order valence-electron chi connectivity index (χ0n) is 9.03. The molecule has 1 aromatic carbocycles. The van der Waals surface area contributed by atoms with Gasteiger partial charge in [0.25, 0.3) is 0 Å². The molecule has 0 atom stereocenters. The van der Waals surface area contributed by atoms with E-state index < -0.39 is 0 Å². The number of carbonyl (C=O) groups excluding carboxylic acids is 1. The Morgan fingerprint density at radius 1 is 1.27 bits per heavy atom. The Kier molecular flexibility index (Phi) is 2.50. The van der Waals surface area contributed by atoms with Crippen LogP contribution in [0.3, 0.4) is 0 Å². The van der Waals surface area contributed by atoms with Gasteiger partial charge in [0.05, 0.1) is 0 Å². The van der Waals surface area contributed by atoms with Crippen LogP contribution in [0.2, 0.25) is 0 Å². The molecule has 0 N–H and O–H groups in total. The average Bonchev–Trinajstić information content (AvgIpc) is 2.22. The third-order valence-corrected chi connectivity index (χ3v) is 2.61. The first kappa shape index (κ1) is 9.84. The van der Waals surface area contributed by atoms with Gasteiger partial charge in [0.1, 0.15) is 0 Å². The number of benzene rings is 1. The van der Waals surface area contributed by atoms with Crippen molar-refractivity contribution < 1.29 is 9.36 Å². The number of carbonyl (C=O) groups is 1. The second kappa shape index (κ2) is 3.81. The molecule has 0 fully saturated rings. The Morgan fingerprint density at radius 2 is 2.00 bits per heavy atom. The summed E-state index contributed by atoms with van der Waals surface area (Å²) in [4.78, 5) is 11.1. The average molecular weight is 200 g/mol. The third-order valence-electron chi connectivity index (χ3n) is 2.61. The van der Waals surface area contributed by atoms with E-state index in [2.05, 4.69) is 12.1 Å². The van der Waals surface area contributed by atoms with Crippen LogP contribution >= 0.6 is 0 Å². The molecule has 1 aromatic heterocycles. The molecule has 0 spiro atoms. The normalized spacial score (nSPS) is 10.5. The third kappa shape index (κ3) is 1.89. The number of rotatable bonds is 2. The molecule has 0 radical (unpaired) electrons. The maximum atomic E-state index is 11.1. The summed E-state index contributed by atoms with van der Waals surface area (Å²) in [6.07, 6.45) is 1.97. The van der Waals surface area contributed by atoms with Crippen molar-refractivity contribution in [2.24, 2.45) is 0 Å². The minimum atomic E-state index is 0.179. The van der Waals surface area contributed by atoms with Gasteiger partial charge in [-0.1, -0.05) is 18.2 Å². The van der Waals surface area contributed by atoms with E-state index in [0.29, 0.717) is 6.54 Å². The number of Topliss-reactive ketones (excluding diaryl/α,β-unsaturated/α-hetero) is 1. The molecule has 0 saturated carbocycles. The van der Waals surface area contributed by atoms with Crippen LogP contribution in [0.15, 0.2) is 36.5 Å². The SMILES string of the molecule is CC(=O)C[n+]1ccc2ccccc2c1C. The number of fused-ring (bicyclic) bond motifs is 1. The number of aryl methyl sites for hydroxylation is 1. The number of ketones is 1. The van der Waals surface area contributed by atoms with Crippen molar-refractivity contribution in [3.63, 3.8) is 0 Å². The monoisotopic (exact) mass is 200 g/mol. The Balaban J connectivity index is 2.59. The number of pyridine rings is 1. The molecular weight excluding hydrogens is 186 g/mol. The molecule has 2 nitrogen and oxygen atoms in total. The fraction of sp³-hybridized carbons (Fsp3) is 0.231. The molecule has 76 valence electrons. The summed E-state index contributed by atoms with van der Waals surface area (Å²) in [5.41, 5.74) is 1.14. The van der Waals surface area contributed by atoms with Crippen molar-refractivity contribution in [3.8, 4) is 0 Å². The highest BCUT2D eigenvalue weighted by atomic mass is 16.1. The van der Waals surface area contributed by atoms with Gasteiger partial charge >= 0.3 is 0 Å². The fourth-order valence-electron chi connectivity index (χ4n) is 1.82. The Bertz CT molecular complexity index is 517. The molecule has 0 aliphatic rings. The first-order chi connectivity index (χ1) is 7.18. The molecule has 2 aromatic rings. The van der Waals surface area contributed by atoms with Gasteiger partial charge in [0.15, 0.2) is 17.7 Å². The molecule has 0 amide bonds. The van der Waals surface area contributed by atoms with Crippen molar-refractivity contribution in [3.05, 3.63) is 42.2 Å². The van der Waals surface area contributed by atoms with Crippen molar-refractivity contribution >= 4 is 16.6 Å². The van der Waals surface area contributed by atoms with Crippen LogP contribution in [-0.2, 0) is 11.3 Å². The van der Waals surface area contributed by atoms with Crippen LogP contribution in [0.5, 0.6) is 0 Å². The second-order valence-corrected chi connectivity index (χ2v) is 3.82. The minimum absolute atomic E-state index is 0.179. The van der Waals surface area contributed by atoms with E-state index in [1.54, 1.807) is 6.92 Å². The summed E-state index contributed by atoms with van der Waals surface area (Å²) < 4.78 is 1.99. The van der Waals surface area contributed by atoms with Crippen LogP contribution in [0.25, 0.3) is 10.8 Å². The quantitative estimate of drug-likeness (QED) is 0.679. The maximum Gasteiger partial charge on any atom is 0.206 e. The van der Waals surface area contributed by atoms with E-state index in [1.165, 1.54) is 10.8 Å². The lowest BCUT2D eigenvalue weighted by molar-refractivity contribution is -0.688. The van der Waals surface area contributed by atoms with Gasteiger partial charge in [-0.25, -0.2) is 0 Å². The number of nitrogens with zero attached hydrogens (tertiary/aromatic N) is 1. The summed E-state index contributed by atoms with van der Waals surface area (Å²) >= 11 is 0. The van der Waals surface area contributed by atoms with Gasteiger partial charge in [-0.3, -0.25) is 4.79 Å². The molecule has 0 aliphatic heterocycles. The molecule has 1 heterocycles. The topological polar surface area (TPSA) is 20.9 Å². The van der Waals surface area contributed by atoms with Crippen LogP contribution in [0, 0.1) is 6.92 Å². The highest BCUT2D eigenvalue weighted by Gasteiger charge is 2.11. The molecule has 0 saturated heterocycles. The maximum absolute atomic E-state index is 11.1. The Hall–Kier alpha value is -1.70. The highest BCUT2D eigenvalue weighted by Crippen LogP contribution is 2.13. The van der Waals surface area contributed by atoms with Gasteiger partial charge < -0.3 is 0 Å². The van der Waals surface area contributed by atoms with E-state index >= 15 is 0 Å².